The Bertz CT molecular complexity index is 626. The summed E-state index contributed by atoms with van der Waals surface area (Å²) in [6.45, 7) is 2.31. The smallest absolute Gasteiger partial charge is 0.188 e. The van der Waals surface area contributed by atoms with E-state index in [0.717, 1.165) is 19.5 Å². The van der Waals surface area contributed by atoms with Crippen LogP contribution in [0.1, 0.15) is 16.7 Å². The van der Waals surface area contributed by atoms with Gasteiger partial charge in [-0.05, 0) is 37.2 Å². The van der Waals surface area contributed by atoms with E-state index < -0.39 is 0 Å². The van der Waals surface area contributed by atoms with Crippen LogP contribution < -0.4 is 11.1 Å². The van der Waals surface area contributed by atoms with E-state index in [-0.39, 0.29) is 24.0 Å². The summed E-state index contributed by atoms with van der Waals surface area (Å²) in [5, 5.41) is 3.18. The summed E-state index contributed by atoms with van der Waals surface area (Å²) in [6.07, 6.45) is 0.939. The molecular weight excluding hydrogens is 411 g/mol. The molecule has 0 atom stereocenters. The van der Waals surface area contributed by atoms with E-state index in [1.165, 1.54) is 16.7 Å². The van der Waals surface area contributed by atoms with Crippen LogP contribution in [-0.4, -0.2) is 31.5 Å². The Morgan fingerprint density at radius 2 is 1.62 bits per heavy atom. The van der Waals surface area contributed by atoms with Crippen molar-refractivity contribution in [3.8, 4) is 0 Å². The Kier molecular flexibility index (Phi) is 9.41. The second kappa shape index (κ2) is 11.0. The molecule has 0 heterocycles. The molecule has 0 aliphatic heterocycles. The standard InChI is InChI=1S/C19H26N4.HI/c1-23(2)15-18-11-7-6-10-17(18)14-22-19(20)21-13-12-16-8-4-3-5-9-16;/h3-11H,12-15H2,1-2H3,(H3,20,21,22);1H. The van der Waals surface area contributed by atoms with Gasteiger partial charge in [-0.2, -0.15) is 0 Å². The SMILES string of the molecule is CN(C)Cc1ccccc1CN=C(N)NCCc1ccccc1.I. The Labute approximate surface area is 162 Å². The largest absolute Gasteiger partial charge is 0.370 e. The van der Waals surface area contributed by atoms with Gasteiger partial charge in [0.15, 0.2) is 5.96 Å². The Morgan fingerprint density at radius 3 is 2.29 bits per heavy atom. The second-order valence-corrected chi connectivity index (χ2v) is 5.87. The lowest BCUT2D eigenvalue weighted by Crippen LogP contribution is -2.33. The summed E-state index contributed by atoms with van der Waals surface area (Å²) in [6, 6.07) is 18.7. The van der Waals surface area contributed by atoms with E-state index in [1.54, 1.807) is 0 Å². The molecule has 3 N–H and O–H groups in total. The number of guanidine groups is 1. The highest BCUT2D eigenvalue weighted by atomic mass is 127. The number of rotatable bonds is 7. The van der Waals surface area contributed by atoms with E-state index in [4.69, 9.17) is 5.73 Å². The zero-order valence-corrected chi connectivity index (χ0v) is 16.7. The summed E-state index contributed by atoms with van der Waals surface area (Å²) in [7, 11) is 4.14. The summed E-state index contributed by atoms with van der Waals surface area (Å²) in [4.78, 5) is 6.62. The highest BCUT2D eigenvalue weighted by Gasteiger charge is 2.02. The summed E-state index contributed by atoms with van der Waals surface area (Å²) < 4.78 is 0. The highest BCUT2D eigenvalue weighted by Crippen LogP contribution is 2.11. The maximum atomic E-state index is 5.97. The van der Waals surface area contributed by atoms with Gasteiger partial charge < -0.3 is 16.0 Å². The lowest BCUT2D eigenvalue weighted by Gasteiger charge is -2.13. The molecule has 0 spiro atoms. The minimum atomic E-state index is 0. The van der Waals surface area contributed by atoms with Crippen molar-refractivity contribution in [3.63, 3.8) is 0 Å². The molecule has 0 aliphatic carbocycles. The average molecular weight is 438 g/mol. The van der Waals surface area contributed by atoms with Crippen molar-refractivity contribution in [2.75, 3.05) is 20.6 Å². The first-order chi connectivity index (χ1) is 11.1. The summed E-state index contributed by atoms with van der Waals surface area (Å²) in [5.41, 5.74) is 9.77. The minimum Gasteiger partial charge on any atom is -0.370 e. The molecule has 5 heteroatoms. The maximum absolute atomic E-state index is 5.97. The fourth-order valence-corrected chi connectivity index (χ4v) is 2.41. The van der Waals surface area contributed by atoms with Crippen molar-refractivity contribution in [1.29, 1.82) is 0 Å². The van der Waals surface area contributed by atoms with Gasteiger partial charge in [-0.15, -0.1) is 24.0 Å². The van der Waals surface area contributed by atoms with Gasteiger partial charge in [0.25, 0.3) is 0 Å². The monoisotopic (exact) mass is 438 g/mol. The molecule has 0 saturated carbocycles. The normalized spacial score (nSPS) is 11.2. The molecule has 0 saturated heterocycles. The number of halogens is 1. The lowest BCUT2D eigenvalue weighted by molar-refractivity contribution is 0.401. The Hall–Kier alpha value is -1.60. The molecule has 0 unspecified atom stereocenters. The van der Waals surface area contributed by atoms with Crippen LogP contribution in [0.2, 0.25) is 0 Å². The van der Waals surface area contributed by atoms with Crippen molar-refractivity contribution in [3.05, 3.63) is 71.3 Å². The molecule has 0 aromatic heterocycles. The molecule has 0 bridgehead atoms. The maximum Gasteiger partial charge on any atom is 0.188 e. The molecule has 2 aromatic rings. The van der Waals surface area contributed by atoms with E-state index >= 15 is 0 Å². The zero-order chi connectivity index (χ0) is 16.5. The molecule has 0 radical (unpaired) electrons. The van der Waals surface area contributed by atoms with Gasteiger partial charge in [-0.3, -0.25) is 0 Å². The number of hydrogen-bond donors (Lipinski definition) is 2. The first-order valence-corrected chi connectivity index (χ1v) is 7.94. The third kappa shape index (κ3) is 7.31. The zero-order valence-electron chi connectivity index (χ0n) is 14.4. The van der Waals surface area contributed by atoms with Gasteiger partial charge in [0.1, 0.15) is 0 Å². The summed E-state index contributed by atoms with van der Waals surface area (Å²) in [5.74, 6) is 0.501. The number of nitrogens with one attached hydrogen (secondary N) is 1. The van der Waals surface area contributed by atoms with E-state index in [1.807, 2.05) is 12.1 Å². The van der Waals surface area contributed by atoms with E-state index in [9.17, 15) is 0 Å². The number of hydrogen-bond acceptors (Lipinski definition) is 2. The van der Waals surface area contributed by atoms with Gasteiger partial charge in [0.2, 0.25) is 0 Å². The van der Waals surface area contributed by atoms with Crippen LogP contribution in [0.3, 0.4) is 0 Å². The first-order valence-electron chi connectivity index (χ1n) is 7.94. The van der Waals surface area contributed by atoms with Crippen LogP contribution in [0.25, 0.3) is 0 Å². The molecule has 2 aromatic carbocycles. The average Bonchev–Trinajstić information content (AvgIpc) is 2.54. The predicted molar refractivity (Wildman–Crippen MR) is 113 cm³/mol. The van der Waals surface area contributed by atoms with Crippen LogP contribution in [0.5, 0.6) is 0 Å². The second-order valence-electron chi connectivity index (χ2n) is 5.87. The third-order valence-corrected chi connectivity index (χ3v) is 3.59. The fraction of sp³-hybridized carbons (Fsp3) is 0.316. The van der Waals surface area contributed by atoms with Crippen molar-refractivity contribution >= 4 is 29.9 Å². The van der Waals surface area contributed by atoms with Crippen LogP contribution >= 0.6 is 24.0 Å². The predicted octanol–water partition coefficient (Wildman–Crippen LogP) is 3.01. The number of nitrogens with two attached hydrogens (primary N) is 1. The quantitative estimate of drug-likeness (QED) is 0.397. The Balaban J connectivity index is 0.00000288. The number of nitrogens with zero attached hydrogens (tertiary/aromatic N) is 2. The molecule has 2 rings (SSSR count). The molecule has 0 fully saturated rings. The third-order valence-electron chi connectivity index (χ3n) is 3.59. The van der Waals surface area contributed by atoms with Crippen LogP contribution in [-0.2, 0) is 19.5 Å². The number of benzene rings is 2. The molecule has 0 amide bonds. The van der Waals surface area contributed by atoms with Gasteiger partial charge in [0, 0.05) is 13.1 Å². The fourth-order valence-electron chi connectivity index (χ4n) is 2.41. The molecule has 4 nitrogen and oxygen atoms in total. The van der Waals surface area contributed by atoms with Gasteiger partial charge in [0.05, 0.1) is 6.54 Å². The summed E-state index contributed by atoms with van der Waals surface area (Å²) >= 11 is 0. The molecule has 24 heavy (non-hydrogen) atoms. The molecule has 0 aliphatic rings. The number of aliphatic imine (C=N–C) groups is 1. The van der Waals surface area contributed by atoms with Crippen LogP contribution in [0, 0.1) is 0 Å². The Morgan fingerprint density at radius 1 is 1.00 bits per heavy atom. The topological polar surface area (TPSA) is 53.6 Å². The first kappa shape index (κ1) is 20.4. The van der Waals surface area contributed by atoms with Crippen molar-refractivity contribution < 1.29 is 0 Å². The van der Waals surface area contributed by atoms with Gasteiger partial charge in [-0.1, -0.05) is 54.6 Å². The molecule has 130 valence electrons. The van der Waals surface area contributed by atoms with Gasteiger partial charge >= 0.3 is 0 Å². The highest BCUT2D eigenvalue weighted by molar-refractivity contribution is 14.0. The van der Waals surface area contributed by atoms with E-state index in [0.29, 0.717) is 12.5 Å². The van der Waals surface area contributed by atoms with E-state index in [2.05, 4.69) is 71.8 Å². The van der Waals surface area contributed by atoms with Crippen molar-refractivity contribution in [1.82, 2.24) is 10.2 Å². The van der Waals surface area contributed by atoms with Crippen LogP contribution in [0.4, 0.5) is 0 Å². The van der Waals surface area contributed by atoms with Gasteiger partial charge in [-0.25, -0.2) is 4.99 Å². The van der Waals surface area contributed by atoms with Crippen molar-refractivity contribution in [2.24, 2.45) is 10.7 Å². The van der Waals surface area contributed by atoms with Crippen molar-refractivity contribution in [2.45, 2.75) is 19.5 Å². The molecular formula is C19H27IN4. The minimum absolute atomic E-state index is 0. The lowest BCUT2D eigenvalue weighted by atomic mass is 10.1. The van der Waals surface area contributed by atoms with Crippen LogP contribution in [0.15, 0.2) is 59.6 Å².